The maximum absolute atomic E-state index is 12.6. The molecule has 0 bridgehead atoms. The maximum atomic E-state index is 12.6. The second-order valence-electron chi connectivity index (χ2n) is 7.29. The molecular weight excluding hydrogens is 459 g/mol. The van der Waals surface area contributed by atoms with Crippen LogP contribution in [-0.4, -0.2) is 35.3 Å². The molecule has 0 atom stereocenters. The zero-order valence-corrected chi connectivity index (χ0v) is 19.9. The van der Waals surface area contributed by atoms with Gasteiger partial charge in [-0.1, -0.05) is 29.6 Å². The summed E-state index contributed by atoms with van der Waals surface area (Å²) in [7, 11) is -3.46. The Balaban J connectivity index is 1.67. The Bertz CT molecular complexity index is 1180. The minimum absolute atomic E-state index is 0.0285. The molecule has 7 nitrogen and oxygen atoms in total. The van der Waals surface area contributed by atoms with E-state index in [1.54, 1.807) is 6.20 Å². The van der Waals surface area contributed by atoms with Crippen molar-refractivity contribution in [1.82, 2.24) is 14.5 Å². The smallest absolute Gasteiger partial charge is 0.179 e. The highest BCUT2D eigenvalue weighted by molar-refractivity contribution is 7.91. The largest absolute Gasteiger partial charge is 0.382 e. The molecule has 0 unspecified atom stereocenters. The van der Waals surface area contributed by atoms with E-state index in [2.05, 4.69) is 14.5 Å². The Morgan fingerprint density at radius 1 is 1.19 bits per heavy atom. The van der Waals surface area contributed by atoms with Crippen LogP contribution in [0.25, 0.3) is 11.0 Å². The van der Waals surface area contributed by atoms with Gasteiger partial charge in [-0.05, 0) is 50.5 Å². The standard InChI is InChI=1S/C21H26Cl2N4O3S/c1-3-30-13-18-26-19-20(14(2)12-25-21(19)24)27(18)9-5-4-6-10-31(28,29)17-8-7-15(22)11-16(17)23/h7-8,11-12H,3-6,9-10,13H2,1-2H3,(H2,24,25). The Labute approximate surface area is 192 Å². The number of fused-ring (bicyclic) bond motifs is 1. The quantitative estimate of drug-likeness (QED) is 0.414. The van der Waals surface area contributed by atoms with Crippen LogP contribution < -0.4 is 5.73 Å². The van der Waals surface area contributed by atoms with Gasteiger partial charge in [-0.25, -0.2) is 18.4 Å². The number of nitrogens with two attached hydrogens (primary N) is 1. The number of sulfone groups is 1. The molecular formula is C21H26Cl2N4O3S. The third kappa shape index (κ3) is 5.49. The van der Waals surface area contributed by atoms with Gasteiger partial charge in [0, 0.05) is 24.4 Å². The molecule has 0 aliphatic carbocycles. The number of hydrogen-bond donors (Lipinski definition) is 1. The lowest BCUT2D eigenvalue weighted by atomic mass is 10.2. The van der Waals surface area contributed by atoms with Crippen LogP contribution in [0.3, 0.4) is 0 Å². The summed E-state index contributed by atoms with van der Waals surface area (Å²) < 4.78 is 32.9. The van der Waals surface area contributed by atoms with Gasteiger partial charge in [0.05, 0.1) is 21.2 Å². The number of aromatic nitrogens is 3. The molecule has 0 spiro atoms. The summed E-state index contributed by atoms with van der Waals surface area (Å²) in [5, 5.41) is 0.560. The van der Waals surface area contributed by atoms with Crippen molar-refractivity contribution >= 4 is 49.9 Å². The molecule has 3 rings (SSSR count). The van der Waals surface area contributed by atoms with Gasteiger partial charge in [-0.3, -0.25) is 0 Å². The predicted octanol–water partition coefficient (Wildman–Crippen LogP) is 4.81. The van der Waals surface area contributed by atoms with Crippen molar-refractivity contribution in [1.29, 1.82) is 0 Å². The number of anilines is 1. The molecule has 0 aliphatic heterocycles. The van der Waals surface area contributed by atoms with Gasteiger partial charge < -0.3 is 15.0 Å². The van der Waals surface area contributed by atoms with Crippen LogP contribution in [0.5, 0.6) is 0 Å². The lowest BCUT2D eigenvalue weighted by Gasteiger charge is -2.11. The lowest BCUT2D eigenvalue weighted by Crippen LogP contribution is -2.09. The number of hydrogen-bond acceptors (Lipinski definition) is 6. The molecule has 0 saturated carbocycles. The van der Waals surface area contributed by atoms with Gasteiger partial charge in [-0.2, -0.15) is 0 Å². The van der Waals surface area contributed by atoms with Crippen molar-refractivity contribution in [2.45, 2.75) is 51.2 Å². The highest BCUT2D eigenvalue weighted by Crippen LogP contribution is 2.27. The number of rotatable bonds is 10. The van der Waals surface area contributed by atoms with Crippen LogP contribution in [0.2, 0.25) is 10.0 Å². The van der Waals surface area contributed by atoms with Crippen LogP contribution in [0.4, 0.5) is 5.82 Å². The number of pyridine rings is 1. The van der Waals surface area contributed by atoms with Crippen molar-refractivity contribution in [3.63, 3.8) is 0 Å². The fourth-order valence-corrected chi connectivity index (χ4v) is 5.68. The molecule has 0 amide bonds. The second kappa shape index (κ2) is 10.2. The van der Waals surface area contributed by atoms with Crippen molar-refractivity contribution in [3.05, 3.63) is 45.8 Å². The Kier molecular flexibility index (Phi) is 7.80. The average Bonchev–Trinajstić information content (AvgIpc) is 3.08. The molecule has 168 valence electrons. The Hall–Kier alpha value is -1.87. The van der Waals surface area contributed by atoms with Crippen LogP contribution in [-0.2, 0) is 27.7 Å². The number of benzene rings is 1. The first-order chi connectivity index (χ1) is 14.7. The molecule has 2 N–H and O–H groups in total. The van der Waals surface area contributed by atoms with Crippen LogP contribution in [0.1, 0.15) is 37.6 Å². The zero-order chi connectivity index (χ0) is 22.6. The van der Waals surface area contributed by atoms with E-state index in [4.69, 9.17) is 33.7 Å². The summed E-state index contributed by atoms with van der Waals surface area (Å²) in [6.45, 7) is 5.56. The van der Waals surface area contributed by atoms with Crippen molar-refractivity contribution in [2.24, 2.45) is 0 Å². The zero-order valence-electron chi connectivity index (χ0n) is 17.6. The van der Waals surface area contributed by atoms with E-state index < -0.39 is 9.84 Å². The molecule has 10 heteroatoms. The van der Waals surface area contributed by atoms with Crippen molar-refractivity contribution < 1.29 is 13.2 Å². The fraction of sp³-hybridized carbons (Fsp3) is 0.429. The summed E-state index contributed by atoms with van der Waals surface area (Å²) in [4.78, 5) is 8.95. The van der Waals surface area contributed by atoms with Gasteiger partial charge in [0.2, 0.25) is 0 Å². The van der Waals surface area contributed by atoms with E-state index in [0.29, 0.717) is 42.5 Å². The van der Waals surface area contributed by atoms with E-state index >= 15 is 0 Å². The Morgan fingerprint density at radius 3 is 2.68 bits per heavy atom. The van der Waals surface area contributed by atoms with Crippen LogP contribution >= 0.6 is 23.2 Å². The molecule has 0 saturated heterocycles. The number of nitrogens with zero attached hydrogens (tertiary/aromatic N) is 3. The molecule has 31 heavy (non-hydrogen) atoms. The van der Waals surface area contributed by atoms with Gasteiger partial charge in [0.15, 0.2) is 15.7 Å². The molecule has 2 heterocycles. The highest BCUT2D eigenvalue weighted by Gasteiger charge is 2.19. The van der Waals surface area contributed by atoms with E-state index in [1.165, 1.54) is 18.2 Å². The molecule has 1 aromatic carbocycles. The minimum atomic E-state index is -3.46. The molecule has 3 aromatic rings. The minimum Gasteiger partial charge on any atom is -0.382 e. The summed E-state index contributed by atoms with van der Waals surface area (Å²) in [5.41, 5.74) is 8.63. The normalized spacial score (nSPS) is 12.0. The fourth-order valence-electron chi connectivity index (χ4n) is 3.49. The number of nitrogen functional groups attached to an aromatic ring is 1. The average molecular weight is 485 g/mol. The first kappa shape index (κ1) is 23.8. The first-order valence-corrected chi connectivity index (χ1v) is 12.5. The SMILES string of the molecule is CCOCc1nc2c(N)ncc(C)c2n1CCCCCS(=O)(=O)c1ccc(Cl)cc1Cl. The molecule has 0 aliphatic rings. The molecule has 0 radical (unpaired) electrons. The maximum Gasteiger partial charge on any atom is 0.179 e. The van der Waals surface area contributed by atoms with Gasteiger partial charge in [0.25, 0.3) is 0 Å². The number of aryl methyl sites for hydroxylation is 2. The third-order valence-corrected chi connectivity index (χ3v) is 7.53. The molecule has 0 fully saturated rings. The van der Waals surface area contributed by atoms with Crippen molar-refractivity contribution in [3.8, 4) is 0 Å². The van der Waals surface area contributed by atoms with E-state index in [-0.39, 0.29) is 15.7 Å². The number of unbranched alkanes of at least 4 members (excludes halogenated alkanes) is 2. The van der Waals surface area contributed by atoms with E-state index in [0.717, 1.165) is 29.7 Å². The number of imidazole rings is 1. The summed E-state index contributed by atoms with van der Waals surface area (Å²) in [5.74, 6) is 1.21. The predicted molar refractivity (Wildman–Crippen MR) is 124 cm³/mol. The number of ether oxygens (including phenoxy) is 1. The van der Waals surface area contributed by atoms with E-state index in [9.17, 15) is 8.42 Å². The van der Waals surface area contributed by atoms with E-state index in [1.807, 2.05) is 13.8 Å². The third-order valence-electron chi connectivity index (χ3n) is 5.02. The van der Waals surface area contributed by atoms with Gasteiger partial charge in [-0.15, -0.1) is 0 Å². The van der Waals surface area contributed by atoms with Gasteiger partial charge in [0.1, 0.15) is 17.9 Å². The Morgan fingerprint density at radius 2 is 1.97 bits per heavy atom. The first-order valence-electron chi connectivity index (χ1n) is 10.1. The van der Waals surface area contributed by atoms with Crippen LogP contribution in [0.15, 0.2) is 29.3 Å². The summed E-state index contributed by atoms with van der Waals surface area (Å²) >= 11 is 11.9. The van der Waals surface area contributed by atoms with Gasteiger partial charge >= 0.3 is 0 Å². The lowest BCUT2D eigenvalue weighted by molar-refractivity contribution is 0.126. The summed E-state index contributed by atoms with van der Waals surface area (Å²) in [6, 6.07) is 4.44. The number of halogens is 2. The molecule has 2 aromatic heterocycles. The summed E-state index contributed by atoms with van der Waals surface area (Å²) in [6.07, 6.45) is 3.79. The monoisotopic (exact) mass is 484 g/mol. The van der Waals surface area contributed by atoms with Crippen molar-refractivity contribution in [2.75, 3.05) is 18.1 Å². The topological polar surface area (TPSA) is 100 Å². The highest BCUT2D eigenvalue weighted by atomic mass is 35.5. The second-order valence-corrected chi connectivity index (χ2v) is 10.2. The van der Waals surface area contributed by atoms with Crippen LogP contribution in [0, 0.1) is 6.92 Å².